The van der Waals surface area contributed by atoms with Gasteiger partial charge in [-0.25, -0.2) is 4.57 Å². The van der Waals surface area contributed by atoms with Gasteiger partial charge in [0.25, 0.3) is 0 Å². The molecule has 16 unspecified atom stereocenters. The Hall–Kier alpha value is -3.22. The van der Waals surface area contributed by atoms with Crippen LogP contribution in [0.15, 0.2) is 0 Å². The maximum Gasteiger partial charge on any atom is 0.471 e. The summed E-state index contributed by atoms with van der Waals surface area (Å²) in [4.78, 5) is 75.6. The van der Waals surface area contributed by atoms with Crippen molar-refractivity contribution in [3.05, 3.63) is 0 Å². The minimum atomic E-state index is -3.75. The fourth-order valence-electron chi connectivity index (χ4n) is 11.3. The molecule has 0 aromatic heterocycles. The van der Waals surface area contributed by atoms with E-state index in [0.29, 0.717) is 104 Å². The molecule has 3 saturated heterocycles. The van der Waals surface area contributed by atoms with Gasteiger partial charge in [0.2, 0.25) is 29.5 Å². The minimum Gasteiger partial charge on any atom is -0.394 e. The van der Waals surface area contributed by atoms with Crippen LogP contribution >= 0.6 is 7.82 Å². The van der Waals surface area contributed by atoms with Crippen LogP contribution in [0.1, 0.15) is 230 Å². The van der Waals surface area contributed by atoms with E-state index >= 15 is 0 Å². The molecule has 3 aliphatic rings. The average molecular weight is 1510 g/mol. The molecule has 32 heteroatoms. The molecule has 5 amide bonds. The van der Waals surface area contributed by atoms with Gasteiger partial charge in [-0.1, -0.05) is 115 Å². The van der Waals surface area contributed by atoms with Gasteiger partial charge in [-0.15, -0.1) is 0 Å². The normalized spacial score (nSPS) is 25.5. The van der Waals surface area contributed by atoms with Crippen LogP contribution in [0.3, 0.4) is 0 Å². The summed E-state index contributed by atoms with van der Waals surface area (Å²) >= 11 is 0. The smallest absolute Gasteiger partial charge is 0.394 e. The second-order valence-corrected chi connectivity index (χ2v) is 27.2. The number of nitrogens with two attached hydrogens (primary N) is 1. The molecule has 17 N–H and O–H groups in total. The molecule has 103 heavy (non-hydrogen) atoms. The number of aliphatic hydroxyl groups is 9. The fourth-order valence-corrected chi connectivity index (χ4v) is 11.7. The van der Waals surface area contributed by atoms with Crippen molar-refractivity contribution in [3.8, 4) is 0 Å². The predicted molar refractivity (Wildman–Crippen MR) is 391 cm³/mol. The van der Waals surface area contributed by atoms with Gasteiger partial charge in [0.05, 0.1) is 44.7 Å². The number of unbranched alkanes of at least 4 members (excludes halogenated alkanes) is 12. The monoisotopic (exact) mass is 1510 g/mol. The Balaban J connectivity index is -0.00000468. The Morgan fingerprint density at radius 3 is 1.04 bits per heavy atom. The lowest BCUT2D eigenvalue weighted by molar-refractivity contribution is -0.282. The quantitative estimate of drug-likeness (QED) is 0.0296. The van der Waals surface area contributed by atoms with E-state index in [9.17, 15) is 74.5 Å². The first kappa shape index (κ1) is 104. The van der Waals surface area contributed by atoms with Crippen molar-refractivity contribution >= 4 is 37.4 Å². The van der Waals surface area contributed by atoms with Crippen LogP contribution in [0.4, 0.5) is 0 Å². The summed E-state index contributed by atoms with van der Waals surface area (Å²) in [5.74, 6) is -2.89. The molecular formula is C71H145N6O25P. The molecule has 0 saturated carbocycles. The first-order valence-electron chi connectivity index (χ1n) is 37.3. The molecule has 0 spiro atoms. The van der Waals surface area contributed by atoms with Gasteiger partial charge in [-0.05, 0) is 90.0 Å². The SMILES string of the molecule is C.C.CC.CC.COCCCNC(=O)CCCC(=O)NC(CCC(=O)NCCCCCCOC1OC(CO)C(O)C(O)C1C)(CCC(=O)NCCCCCCOC1OC(CO)C(O)C(O)C1C)CCC(=O)NCCCCCCOC1OC(CO)C(O)C(O)C1C.COP(=O)(O)OCCCCCCN. The predicted octanol–water partition coefficient (Wildman–Crippen LogP) is 4.40. The summed E-state index contributed by atoms with van der Waals surface area (Å²) in [5, 5.41) is 105. The third kappa shape index (κ3) is 45.4. The summed E-state index contributed by atoms with van der Waals surface area (Å²) in [7, 11) is -1.03. The van der Waals surface area contributed by atoms with E-state index in [1.165, 1.54) is 0 Å². The van der Waals surface area contributed by atoms with Gasteiger partial charge in [0, 0.05) is 122 Å². The molecule has 3 aliphatic heterocycles. The highest BCUT2D eigenvalue weighted by Crippen LogP contribution is 2.42. The second kappa shape index (κ2) is 63.7. The molecule has 0 aliphatic carbocycles. The van der Waals surface area contributed by atoms with E-state index < -0.39 is 125 Å². The molecule has 0 radical (unpaired) electrons. The number of aliphatic hydroxyl groups excluding tert-OH is 9. The van der Waals surface area contributed by atoms with Crippen molar-refractivity contribution in [3.63, 3.8) is 0 Å². The third-order valence-electron chi connectivity index (χ3n) is 17.7. The molecule has 0 bridgehead atoms. The molecular weight excluding hydrogens is 1370 g/mol. The topological polar surface area (TPSA) is 474 Å². The van der Waals surface area contributed by atoms with Crippen molar-refractivity contribution < 1.29 is 122 Å². The number of phosphoric ester groups is 1. The number of hydrogen-bond donors (Lipinski definition) is 16. The number of carbonyl (C=O) groups excluding carboxylic acids is 5. The molecule has 0 aromatic carbocycles. The average Bonchev–Trinajstić information content (AvgIpc) is 0.839. The molecule has 3 rings (SSSR count). The number of carbonyl (C=O) groups is 5. The summed E-state index contributed by atoms with van der Waals surface area (Å²) in [6.45, 7) is 15.7. The van der Waals surface area contributed by atoms with Gasteiger partial charge in [-0.3, -0.25) is 33.0 Å². The van der Waals surface area contributed by atoms with Crippen LogP contribution in [-0.2, 0) is 70.7 Å². The maximum absolute atomic E-state index is 13.8. The van der Waals surface area contributed by atoms with Gasteiger partial charge in [-0.2, -0.15) is 0 Å². The zero-order valence-corrected chi connectivity index (χ0v) is 63.3. The molecule has 3 heterocycles. The lowest BCUT2D eigenvalue weighted by Gasteiger charge is -2.40. The number of phosphoric acid groups is 1. The van der Waals surface area contributed by atoms with Gasteiger partial charge in [0.15, 0.2) is 18.9 Å². The highest BCUT2D eigenvalue weighted by molar-refractivity contribution is 7.47. The summed E-state index contributed by atoms with van der Waals surface area (Å²) in [5.41, 5.74) is 4.14. The van der Waals surface area contributed by atoms with Crippen LogP contribution < -0.4 is 32.3 Å². The Bertz CT molecular complexity index is 1990. The van der Waals surface area contributed by atoms with Crippen LogP contribution in [0.5, 0.6) is 0 Å². The van der Waals surface area contributed by atoms with E-state index in [1.807, 2.05) is 27.7 Å². The largest absolute Gasteiger partial charge is 0.471 e. The van der Waals surface area contributed by atoms with Crippen LogP contribution in [-0.4, -0.2) is 260 Å². The molecule has 614 valence electrons. The van der Waals surface area contributed by atoms with Gasteiger partial charge in [0.1, 0.15) is 36.6 Å². The van der Waals surface area contributed by atoms with Gasteiger partial charge >= 0.3 is 7.82 Å². The summed E-state index contributed by atoms with van der Waals surface area (Å²) in [6.07, 6.45) is 1.55. The minimum absolute atomic E-state index is 0. The number of nitrogens with one attached hydrogen (secondary N) is 5. The fraction of sp³-hybridized carbons (Fsp3) is 0.930. The van der Waals surface area contributed by atoms with Crippen molar-refractivity contribution in [2.75, 3.05) is 99.8 Å². The first-order chi connectivity index (χ1) is 48.4. The van der Waals surface area contributed by atoms with Crippen molar-refractivity contribution in [1.29, 1.82) is 0 Å². The standard InChI is InChI=1S/C58H107N5O21.C7H18NO4P.2C2H6.2CH4/c1-38-49(72)52(75)41(35-64)82-55(38)79-32-14-8-5-11-27-59-45(68)21-24-58(63-48(71)20-17-19-44(67)62-30-18-31-78-4,25-22-46(69)60-28-12-6-9-15-33-80-56-39(2)50(73)53(76)42(36-65)83-56)26-23-47(70)61-29-13-7-10-16-34-81-57-40(3)51(74)54(77)43(37-66)84-57;1-11-13(9,10)12-7-5-3-2-4-6-8;2*1-2;;/h38-43,49-57,64-66,72-77H,5-37H2,1-4H3,(H,59,68)(H,60,69)(H,61,70)(H,62,67)(H,63,71);2-8H2,1H3,(H,9,10);2*1-2H3;2*1H4. The van der Waals surface area contributed by atoms with E-state index in [4.69, 9.17) is 43.8 Å². The number of ether oxygens (including phenoxy) is 7. The highest BCUT2D eigenvalue weighted by atomic mass is 31.2. The maximum atomic E-state index is 13.8. The number of hydrogen-bond acceptors (Lipinski definition) is 25. The van der Waals surface area contributed by atoms with E-state index in [0.717, 1.165) is 71.3 Å². The second-order valence-electron chi connectivity index (χ2n) is 25.7. The van der Waals surface area contributed by atoms with E-state index in [1.54, 1.807) is 27.9 Å². The third-order valence-corrected chi connectivity index (χ3v) is 18.7. The Morgan fingerprint density at radius 1 is 0.417 bits per heavy atom. The Labute approximate surface area is 616 Å². The summed E-state index contributed by atoms with van der Waals surface area (Å²) in [6, 6.07) is 0. The van der Waals surface area contributed by atoms with Crippen LogP contribution in [0.25, 0.3) is 0 Å². The van der Waals surface area contributed by atoms with E-state index in [2.05, 4.69) is 35.6 Å². The number of rotatable bonds is 53. The number of amides is 5. The summed E-state index contributed by atoms with van der Waals surface area (Å²) < 4.78 is 59.0. The Morgan fingerprint density at radius 2 is 0.718 bits per heavy atom. The highest BCUT2D eigenvalue weighted by Gasteiger charge is 2.45. The van der Waals surface area contributed by atoms with E-state index in [-0.39, 0.29) is 109 Å². The molecule has 31 nitrogen and oxygen atoms in total. The molecule has 16 atom stereocenters. The number of methoxy groups -OCH3 is 1. The lowest BCUT2D eigenvalue weighted by atomic mass is 9.82. The zero-order chi connectivity index (χ0) is 76.0. The van der Waals surface area contributed by atoms with Crippen LogP contribution in [0, 0.1) is 17.8 Å². The van der Waals surface area contributed by atoms with Crippen molar-refractivity contribution in [2.24, 2.45) is 23.5 Å². The Kier molecular flexibility index (Phi) is 64.3. The van der Waals surface area contributed by atoms with Gasteiger partial charge < -0.3 is 116 Å². The van der Waals surface area contributed by atoms with Crippen molar-refractivity contribution in [1.82, 2.24) is 26.6 Å². The van der Waals surface area contributed by atoms with Crippen molar-refractivity contribution in [2.45, 2.75) is 310 Å². The molecule has 3 fully saturated rings. The zero-order valence-electron chi connectivity index (χ0n) is 62.4. The first-order valence-corrected chi connectivity index (χ1v) is 38.8. The van der Waals surface area contributed by atoms with Crippen LogP contribution in [0.2, 0.25) is 0 Å². The lowest BCUT2D eigenvalue weighted by Crippen LogP contribution is -2.55. The molecule has 0 aromatic rings.